The van der Waals surface area contributed by atoms with Crippen molar-refractivity contribution in [1.29, 1.82) is 0 Å². The Labute approximate surface area is 272 Å². The van der Waals surface area contributed by atoms with Gasteiger partial charge in [-0.2, -0.15) is 0 Å². The van der Waals surface area contributed by atoms with Crippen LogP contribution in [-0.4, -0.2) is 51.2 Å². The van der Waals surface area contributed by atoms with Crippen LogP contribution in [-0.2, 0) is 39.0 Å². The first kappa shape index (κ1) is 34.6. The van der Waals surface area contributed by atoms with Gasteiger partial charge in [-0.25, -0.2) is 9.59 Å². The average Bonchev–Trinajstić information content (AvgIpc) is 3.21. The molecule has 4 N–H and O–H groups in total. The van der Waals surface area contributed by atoms with Gasteiger partial charge in [-0.1, -0.05) is 29.8 Å². The Morgan fingerprint density at radius 2 is 1.85 bits per heavy atom. The molecule has 0 aliphatic carbocycles. The van der Waals surface area contributed by atoms with E-state index in [4.69, 9.17) is 26.8 Å². The molecule has 4 rings (SSSR count). The van der Waals surface area contributed by atoms with Crippen LogP contribution in [0.2, 0.25) is 5.02 Å². The molecular weight excluding hydrogens is 614 g/mol. The smallest absolute Gasteiger partial charge is 0.407 e. The molecule has 248 valence electrons. The fourth-order valence-corrected chi connectivity index (χ4v) is 5.75. The first-order valence-corrected chi connectivity index (χ1v) is 15.8. The third kappa shape index (κ3) is 8.90. The van der Waals surface area contributed by atoms with Gasteiger partial charge < -0.3 is 20.5 Å². The summed E-state index contributed by atoms with van der Waals surface area (Å²) >= 11 is 6.70. The molecule has 1 unspecified atom stereocenters. The maximum absolute atomic E-state index is 13.0. The number of carbonyl (C=O) groups excluding carboxylic acids is 4. The third-order valence-corrected chi connectivity index (χ3v) is 8.21. The average molecular weight is 656 g/mol. The largest absolute Gasteiger partial charge is 0.490 e. The Morgan fingerprint density at radius 3 is 2.54 bits per heavy atom. The first-order chi connectivity index (χ1) is 21.7. The van der Waals surface area contributed by atoms with Crippen LogP contribution in [0.4, 0.5) is 4.79 Å². The number of nitrogens with two attached hydrogens (primary N) is 1. The minimum atomic E-state index is -0.716. The summed E-state index contributed by atoms with van der Waals surface area (Å²) in [5.74, 6) is -0.786. The monoisotopic (exact) mass is 655 g/mol. The number of fused-ring (bicyclic) bond motifs is 1. The van der Waals surface area contributed by atoms with Gasteiger partial charge in [0.15, 0.2) is 0 Å². The fraction of sp³-hybridized carbons (Fsp3) is 0.485. The van der Waals surface area contributed by atoms with Crippen molar-refractivity contribution in [3.63, 3.8) is 0 Å². The number of hydrogen-bond donors (Lipinski definition) is 3. The predicted molar refractivity (Wildman–Crippen MR) is 174 cm³/mol. The summed E-state index contributed by atoms with van der Waals surface area (Å²) in [5, 5.41) is 5.56. The molecule has 12 nitrogen and oxygen atoms in total. The van der Waals surface area contributed by atoms with Crippen molar-refractivity contribution in [3.8, 4) is 5.75 Å². The maximum atomic E-state index is 13.0. The van der Waals surface area contributed by atoms with E-state index in [2.05, 4.69) is 10.6 Å². The van der Waals surface area contributed by atoms with E-state index in [1.165, 1.54) is 9.13 Å². The number of carbonyl (C=O) groups is 4. The number of halogens is 1. The molecule has 0 bridgehead atoms. The van der Waals surface area contributed by atoms with Gasteiger partial charge in [-0.3, -0.25) is 28.8 Å². The zero-order chi connectivity index (χ0) is 33.6. The Bertz CT molecular complexity index is 1670. The van der Waals surface area contributed by atoms with Crippen molar-refractivity contribution in [1.82, 2.24) is 19.8 Å². The van der Waals surface area contributed by atoms with Gasteiger partial charge in [0.2, 0.25) is 17.7 Å². The number of unbranched alkanes of at least 4 members (excludes halogenated alkanes) is 1. The molecule has 1 fully saturated rings. The van der Waals surface area contributed by atoms with Crippen LogP contribution in [0.3, 0.4) is 0 Å². The number of imide groups is 1. The van der Waals surface area contributed by atoms with Crippen molar-refractivity contribution in [2.24, 2.45) is 12.8 Å². The van der Waals surface area contributed by atoms with E-state index in [1.807, 2.05) is 30.3 Å². The molecule has 1 aromatic heterocycles. The van der Waals surface area contributed by atoms with Crippen molar-refractivity contribution >= 4 is 46.4 Å². The Kier molecular flexibility index (Phi) is 11.2. The zero-order valence-corrected chi connectivity index (χ0v) is 27.4. The minimum Gasteiger partial charge on any atom is -0.490 e. The number of ether oxygens (including phenoxy) is 2. The molecule has 2 atom stereocenters. The highest BCUT2D eigenvalue weighted by Gasteiger charge is 2.31. The van der Waals surface area contributed by atoms with Crippen molar-refractivity contribution < 1.29 is 28.7 Å². The normalized spacial score (nSPS) is 15.8. The molecule has 46 heavy (non-hydrogen) atoms. The van der Waals surface area contributed by atoms with Gasteiger partial charge >= 0.3 is 11.8 Å². The molecule has 1 aliphatic heterocycles. The number of benzene rings is 2. The summed E-state index contributed by atoms with van der Waals surface area (Å²) in [7, 11) is 1.68. The number of aryl methyl sites for hydroxylation is 3. The van der Waals surface area contributed by atoms with Gasteiger partial charge in [0.05, 0.1) is 22.1 Å². The molecule has 0 radical (unpaired) electrons. The predicted octanol–water partition coefficient (Wildman–Crippen LogP) is 4.07. The molecule has 3 aromatic rings. The number of primary amides is 1. The van der Waals surface area contributed by atoms with E-state index in [1.54, 1.807) is 33.9 Å². The molecular formula is C33H42ClN5O7. The van der Waals surface area contributed by atoms with Crippen LogP contribution in [0.1, 0.15) is 76.5 Å². The zero-order valence-electron chi connectivity index (χ0n) is 26.7. The number of rotatable bonds is 13. The lowest BCUT2D eigenvalue weighted by Gasteiger charge is -2.24. The molecule has 1 saturated heterocycles. The van der Waals surface area contributed by atoms with Crippen LogP contribution < -0.4 is 26.8 Å². The van der Waals surface area contributed by atoms with Crippen LogP contribution in [0, 0.1) is 0 Å². The van der Waals surface area contributed by atoms with Crippen LogP contribution >= 0.6 is 11.6 Å². The van der Waals surface area contributed by atoms with Crippen molar-refractivity contribution in [2.45, 2.75) is 89.8 Å². The first-order valence-electron chi connectivity index (χ1n) is 15.4. The summed E-state index contributed by atoms with van der Waals surface area (Å²) in [6, 6.07) is 10.1. The van der Waals surface area contributed by atoms with Crippen LogP contribution in [0.15, 0.2) is 41.2 Å². The SMILES string of the molecule is Cn1c(=O)n(C2CCC(=O)NC2=O)c2ccc(CCCCc3cccc(OC[C@H](CCC(N)=O)NC(=O)OC(C)(C)C)c3Cl)cc21. The highest BCUT2D eigenvalue weighted by atomic mass is 35.5. The van der Waals surface area contributed by atoms with E-state index in [0.29, 0.717) is 29.1 Å². The molecule has 2 heterocycles. The van der Waals surface area contributed by atoms with Crippen molar-refractivity contribution in [2.75, 3.05) is 6.61 Å². The maximum Gasteiger partial charge on any atom is 0.407 e. The molecule has 0 saturated carbocycles. The van der Waals surface area contributed by atoms with Gasteiger partial charge in [-0.05, 0) is 88.6 Å². The molecule has 0 spiro atoms. The summed E-state index contributed by atoms with van der Waals surface area (Å²) in [6.45, 7) is 5.36. The molecule has 4 amide bonds. The number of nitrogens with zero attached hydrogens (tertiary/aromatic N) is 2. The van der Waals surface area contributed by atoms with E-state index in [-0.39, 0.29) is 37.5 Å². The van der Waals surface area contributed by atoms with Gasteiger partial charge in [0.25, 0.3) is 0 Å². The lowest BCUT2D eigenvalue weighted by atomic mass is 10.0. The number of imidazole rings is 1. The highest BCUT2D eigenvalue weighted by Crippen LogP contribution is 2.30. The second-order valence-corrected chi connectivity index (χ2v) is 13.0. The van der Waals surface area contributed by atoms with Crippen LogP contribution in [0.5, 0.6) is 5.75 Å². The van der Waals surface area contributed by atoms with Crippen molar-refractivity contribution in [3.05, 3.63) is 63.0 Å². The van der Waals surface area contributed by atoms with E-state index < -0.39 is 35.6 Å². The van der Waals surface area contributed by atoms with Gasteiger partial charge in [0, 0.05) is 19.9 Å². The number of nitrogens with one attached hydrogen (secondary N) is 2. The number of amides is 4. The lowest BCUT2D eigenvalue weighted by Crippen LogP contribution is -2.44. The molecule has 1 aliphatic rings. The standard InChI is InChI=1S/C33H42ClN5O7/c1-33(2,3)46-31(43)36-22(13-16-27(35)40)19-45-26-11-7-10-21(29(26)34)9-6-5-8-20-12-14-23-25(18-20)38(4)32(44)39(23)24-15-17-28(41)37-30(24)42/h7,10-12,14,18,22,24H,5-6,8-9,13,15-17,19H2,1-4H3,(H2,35,40)(H,36,43)(H,37,41,42)/t22-,24?/m0/s1. The summed E-state index contributed by atoms with van der Waals surface area (Å²) in [5.41, 5.74) is 7.72. The lowest BCUT2D eigenvalue weighted by molar-refractivity contribution is -0.135. The van der Waals surface area contributed by atoms with Gasteiger partial charge in [0.1, 0.15) is 24.0 Å². The minimum absolute atomic E-state index is 0.0753. The Balaban J connectivity index is 1.35. The topological polar surface area (TPSA) is 164 Å². The molecule has 13 heteroatoms. The summed E-state index contributed by atoms with van der Waals surface area (Å²) in [4.78, 5) is 60.7. The number of alkyl carbamates (subject to hydrolysis) is 1. The number of piperidine rings is 1. The summed E-state index contributed by atoms with van der Waals surface area (Å²) in [6.07, 6.45) is 3.43. The Morgan fingerprint density at radius 1 is 1.11 bits per heavy atom. The number of hydrogen-bond acceptors (Lipinski definition) is 7. The van der Waals surface area contributed by atoms with E-state index in [0.717, 1.165) is 35.9 Å². The highest BCUT2D eigenvalue weighted by molar-refractivity contribution is 6.32. The second kappa shape index (κ2) is 14.8. The van der Waals surface area contributed by atoms with E-state index in [9.17, 15) is 24.0 Å². The Hall–Kier alpha value is -4.32. The van der Waals surface area contributed by atoms with E-state index >= 15 is 0 Å². The molecule has 2 aromatic carbocycles. The number of aromatic nitrogens is 2. The fourth-order valence-electron chi connectivity index (χ4n) is 5.48. The van der Waals surface area contributed by atoms with Gasteiger partial charge in [-0.15, -0.1) is 0 Å². The second-order valence-electron chi connectivity index (χ2n) is 12.6. The quantitative estimate of drug-likeness (QED) is 0.185. The summed E-state index contributed by atoms with van der Waals surface area (Å²) < 4.78 is 14.3. The third-order valence-electron chi connectivity index (χ3n) is 7.78. The van der Waals surface area contributed by atoms with Crippen LogP contribution in [0.25, 0.3) is 11.0 Å².